The van der Waals surface area contributed by atoms with Gasteiger partial charge in [-0.15, -0.1) is 0 Å². The maximum Gasteiger partial charge on any atom is 0.257 e. The van der Waals surface area contributed by atoms with Crippen molar-refractivity contribution in [3.8, 4) is 5.75 Å². The van der Waals surface area contributed by atoms with Crippen LogP contribution in [0, 0.1) is 0 Å². The highest BCUT2D eigenvalue weighted by Gasteiger charge is 2.23. The molecule has 0 saturated carbocycles. The SMILES string of the molecule is CCCCOc1ccc(C(=O)NC(=S)Nc2ccccc2N2CCN(C(=O)c3ccc(Cl)cc3)CC2)cc1. The van der Waals surface area contributed by atoms with Gasteiger partial charge in [-0.3, -0.25) is 14.9 Å². The van der Waals surface area contributed by atoms with E-state index in [0.29, 0.717) is 48.9 Å². The summed E-state index contributed by atoms with van der Waals surface area (Å²) in [7, 11) is 0. The smallest absolute Gasteiger partial charge is 0.257 e. The molecule has 2 amide bonds. The molecule has 1 aliphatic heterocycles. The third-order valence-corrected chi connectivity index (χ3v) is 6.72. The van der Waals surface area contributed by atoms with E-state index in [-0.39, 0.29) is 16.9 Å². The first kappa shape index (κ1) is 27.4. The van der Waals surface area contributed by atoms with Crippen molar-refractivity contribution in [2.24, 2.45) is 0 Å². The fraction of sp³-hybridized carbons (Fsp3) is 0.276. The Kier molecular flexibility index (Phi) is 9.56. The number of carbonyl (C=O) groups is 2. The topological polar surface area (TPSA) is 73.9 Å². The zero-order chi connectivity index (χ0) is 26.9. The lowest BCUT2D eigenvalue weighted by Gasteiger charge is -2.37. The fourth-order valence-corrected chi connectivity index (χ4v) is 4.47. The van der Waals surface area contributed by atoms with Crippen LogP contribution in [0.1, 0.15) is 40.5 Å². The Morgan fingerprint density at radius 1 is 0.921 bits per heavy atom. The summed E-state index contributed by atoms with van der Waals surface area (Å²) in [6.45, 7) is 5.29. The highest BCUT2D eigenvalue weighted by atomic mass is 35.5. The molecule has 3 aromatic rings. The molecule has 0 aliphatic carbocycles. The monoisotopic (exact) mass is 550 g/mol. The van der Waals surface area contributed by atoms with Crippen molar-refractivity contribution in [3.05, 3.63) is 88.9 Å². The van der Waals surface area contributed by atoms with Gasteiger partial charge in [0.15, 0.2) is 5.11 Å². The van der Waals surface area contributed by atoms with Crippen LogP contribution in [0.3, 0.4) is 0 Å². The first-order valence-electron chi connectivity index (χ1n) is 12.7. The average molecular weight is 551 g/mol. The number of amides is 2. The molecule has 198 valence electrons. The van der Waals surface area contributed by atoms with Gasteiger partial charge in [0.25, 0.3) is 11.8 Å². The number of nitrogens with zero attached hydrogens (tertiary/aromatic N) is 2. The molecule has 38 heavy (non-hydrogen) atoms. The molecule has 7 nitrogen and oxygen atoms in total. The number of hydrogen-bond acceptors (Lipinski definition) is 5. The molecule has 1 saturated heterocycles. The minimum Gasteiger partial charge on any atom is -0.494 e. The molecule has 0 atom stereocenters. The Morgan fingerprint density at radius 2 is 1.58 bits per heavy atom. The van der Waals surface area contributed by atoms with Gasteiger partial charge in [-0.25, -0.2) is 0 Å². The first-order valence-corrected chi connectivity index (χ1v) is 13.5. The molecule has 0 radical (unpaired) electrons. The van der Waals surface area contributed by atoms with Crippen molar-refractivity contribution in [3.63, 3.8) is 0 Å². The van der Waals surface area contributed by atoms with Crippen LogP contribution in [-0.4, -0.2) is 54.6 Å². The van der Waals surface area contributed by atoms with E-state index in [0.717, 1.165) is 30.0 Å². The van der Waals surface area contributed by atoms with E-state index in [1.54, 1.807) is 48.5 Å². The number of piperazine rings is 1. The van der Waals surface area contributed by atoms with Crippen LogP contribution < -0.4 is 20.3 Å². The summed E-state index contributed by atoms with van der Waals surface area (Å²) in [4.78, 5) is 29.6. The Balaban J connectivity index is 1.32. The molecular weight excluding hydrogens is 520 g/mol. The van der Waals surface area contributed by atoms with Gasteiger partial charge < -0.3 is 19.9 Å². The van der Waals surface area contributed by atoms with Crippen LogP contribution >= 0.6 is 23.8 Å². The molecule has 0 unspecified atom stereocenters. The molecule has 1 aliphatic rings. The van der Waals surface area contributed by atoms with E-state index in [2.05, 4.69) is 22.5 Å². The quantitative estimate of drug-likeness (QED) is 0.281. The Hall–Kier alpha value is -3.62. The zero-order valence-corrected chi connectivity index (χ0v) is 22.9. The predicted octanol–water partition coefficient (Wildman–Crippen LogP) is 5.61. The molecule has 3 aromatic carbocycles. The standard InChI is InChI=1S/C29H31ClN4O3S/c1-2-3-20-37-24-14-10-21(11-15-24)27(35)32-29(38)31-25-6-4-5-7-26(25)33-16-18-34(19-17-33)28(36)22-8-12-23(30)13-9-22/h4-15H,2-3,16-20H2,1H3,(H2,31,32,35,38). The van der Waals surface area contributed by atoms with Gasteiger partial charge in [0.05, 0.1) is 18.0 Å². The summed E-state index contributed by atoms with van der Waals surface area (Å²) in [5, 5.41) is 6.73. The summed E-state index contributed by atoms with van der Waals surface area (Å²) >= 11 is 11.4. The number of thiocarbonyl (C=S) groups is 1. The van der Waals surface area contributed by atoms with Crippen LogP contribution in [-0.2, 0) is 0 Å². The number of para-hydroxylation sites is 2. The largest absolute Gasteiger partial charge is 0.494 e. The molecule has 0 aromatic heterocycles. The highest BCUT2D eigenvalue weighted by Crippen LogP contribution is 2.27. The fourth-order valence-electron chi connectivity index (χ4n) is 4.15. The van der Waals surface area contributed by atoms with Gasteiger partial charge in [0.1, 0.15) is 5.75 Å². The Morgan fingerprint density at radius 3 is 2.26 bits per heavy atom. The summed E-state index contributed by atoms with van der Waals surface area (Å²) in [6.07, 6.45) is 2.05. The lowest BCUT2D eigenvalue weighted by Crippen LogP contribution is -2.49. The van der Waals surface area contributed by atoms with E-state index in [1.807, 2.05) is 29.2 Å². The van der Waals surface area contributed by atoms with Crippen LogP contribution in [0.5, 0.6) is 5.75 Å². The molecule has 4 rings (SSSR count). The van der Waals surface area contributed by atoms with E-state index < -0.39 is 0 Å². The van der Waals surface area contributed by atoms with Gasteiger partial charge >= 0.3 is 0 Å². The lowest BCUT2D eigenvalue weighted by molar-refractivity contribution is 0.0746. The van der Waals surface area contributed by atoms with Crippen LogP contribution in [0.4, 0.5) is 11.4 Å². The van der Waals surface area contributed by atoms with Crippen molar-refractivity contribution in [1.29, 1.82) is 0 Å². The van der Waals surface area contributed by atoms with Crippen molar-refractivity contribution in [1.82, 2.24) is 10.2 Å². The summed E-state index contributed by atoms with van der Waals surface area (Å²) in [5.74, 6) is 0.436. The highest BCUT2D eigenvalue weighted by molar-refractivity contribution is 7.80. The van der Waals surface area contributed by atoms with Crippen molar-refractivity contribution in [2.45, 2.75) is 19.8 Å². The minimum atomic E-state index is -0.297. The molecule has 0 bridgehead atoms. The predicted molar refractivity (Wildman–Crippen MR) is 157 cm³/mol. The molecule has 9 heteroatoms. The number of ether oxygens (including phenoxy) is 1. The Bertz CT molecular complexity index is 1260. The second kappa shape index (κ2) is 13.3. The molecule has 0 spiro atoms. The van der Waals surface area contributed by atoms with Gasteiger partial charge in [-0.05, 0) is 79.3 Å². The lowest BCUT2D eigenvalue weighted by atomic mass is 10.1. The maximum atomic E-state index is 12.9. The third-order valence-electron chi connectivity index (χ3n) is 6.26. The number of carbonyl (C=O) groups excluding carboxylic acids is 2. The number of halogens is 1. The maximum absolute atomic E-state index is 12.9. The summed E-state index contributed by atoms with van der Waals surface area (Å²) < 4.78 is 5.66. The first-order chi connectivity index (χ1) is 18.4. The van der Waals surface area contributed by atoms with E-state index >= 15 is 0 Å². The number of nitrogens with one attached hydrogen (secondary N) is 2. The second-order valence-corrected chi connectivity index (χ2v) is 9.78. The number of rotatable bonds is 8. The Labute approximate surface area is 233 Å². The van der Waals surface area contributed by atoms with Gasteiger partial charge in [0.2, 0.25) is 0 Å². The number of unbranched alkanes of at least 4 members (excludes halogenated alkanes) is 1. The van der Waals surface area contributed by atoms with E-state index in [9.17, 15) is 9.59 Å². The van der Waals surface area contributed by atoms with Crippen molar-refractivity contribution >= 4 is 52.1 Å². The number of anilines is 2. The van der Waals surface area contributed by atoms with Crippen molar-refractivity contribution in [2.75, 3.05) is 43.0 Å². The van der Waals surface area contributed by atoms with Crippen LogP contribution in [0.25, 0.3) is 0 Å². The van der Waals surface area contributed by atoms with E-state index in [1.165, 1.54) is 0 Å². The normalized spacial score (nSPS) is 13.1. The molecule has 1 heterocycles. The van der Waals surface area contributed by atoms with Crippen molar-refractivity contribution < 1.29 is 14.3 Å². The molecular formula is C29H31ClN4O3S. The van der Waals surface area contributed by atoms with Crippen LogP contribution in [0.15, 0.2) is 72.8 Å². The number of hydrogen-bond donors (Lipinski definition) is 2. The summed E-state index contributed by atoms with van der Waals surface area (Å²) in [5.41, 5.74) is 2.86. The van der Waals surface area contributed by atoms with Crippen LogP contribution in [0.2, 0.25) is 5.02 Å². The van der Waals surface area contributed by atoms with Gasteiger partial charge in [-0.2, -0.15) is 0 Å². The minimum absolute atomic E-state index is 0.00262. The average Bonchev–Trinajstić information content (AvgIpc) is 2.94. The molecule has 2 N–H and O–H groups in total. The van der Waals surface area contributed by atoms with E-state index in [4.69, 9.17) is 28.6 Å². The molecule has 1 fully saturated rings. The van der Waals surface area contributed by atoms with Gasteiger partial charge in [-0.1, -0.05) is 37.1 Å². The van der Waals surface area contributed by atoms with Gasteiger partial charge in [0, 0.05) is 42.3 Å². The summed E-state index contributed by atoms with van der Waals surface area (Å²) in [6, 6.07) is 21.8. The number of benzene rings is 3. The second-order valence-electron chi connectivity index (χ2n) is 8.94. The third kappa shape index (κ3) is 7.24. The zero-order valence-electron chi connectivity index (χ0n) is 21.3.